The van der Waals surface area contributed by atoms with Crippen molar-refractivity contribution in [2.24, 2.45) is 5.92 Å². The molecule has 0 radical (unpaired) electrons. The zero-order chi connectivity index (χ0) is 18.5. The molecular weight excluding hydrogens is 350 g/mol. The first kappa shape index (κ1) is 18.9. The van der Waals surface area contributed by atoms with E-state index in [1.165, 1.54) is 7.11 Å². The molecule has 26 heavy (non-hydrogen) atoms. The first-order chi connectivity index (χ1) is 12.6. The molecule has 1 heterocycles. The average molecular weight is 376 g/mol. The predicted molar refractivity (Wildman–Crippen MR) is 102 cm³/mol. The maximum absolute atomic E-state index is 12.0. The van der Waals surface area contributed by atoms with Crippen molar-refractivity contribution in [3.63, 3.8) is 0 Å². The Bertz CT molecular complexity index is 745. The van der Waals surface area contributed by atoms with E-state index in [0.717, 1.165) is 42.5 Å². The number of nitrogens with zero attached hydrogens (tertiary/aromatic N) is 2. The topological polar surface area (TPSA) is 56.1 Å². The van der Waals surface area contributed by atoms with Crippen molar-refractivity contribution in [2.45, 2.75) is 51.7 Å². The van der Waals surface area contributed by atoms with Gasteiger partial charge in [-0.1, -0.05) is 54.8 Å². The number of hydrogen-bond donors (Lipinski definition) is 1. The minimum atomic E-state index is -0.121. The first-order valence-corrected chi connectivity index (χ1v) is 9.55. The van der Waals surface area contributed by atoms with Crippen molar-refractivity contribution in [1.29, 1.82) is 0 Å². The number of aromatic nitrogens is 2. The van der Waals surface area contributed by atoms with Crippen LogP contribution in [0.15, 0.2) is 30.3 Å². The van der Waals surface area contributed by atoms with Crippen LogP contribution in [-0.2, 0) is 22.6 Å². The van der Waals surface area contributed by atoms with Crippen LogP contribution in [0.4, 0.5) is 0 Å². The Morgan fingerprint density at radius 1 is 1.31 bits per heavy atom. The van der Waals surface area contributed by atoms with Gasteiger partial charge in [-0.15, -0.1) is 0 Å². The van der Waals surface area contributed by atoms with E-state index in [4.69, 9.17) is 16.3 Å². The van der Waals surface area contributed by atoms with Gasteiger partial charge in [-0.2, -0.15) is 5.10 Å². The number of benzene rings is 1. The fraction of sp³-hybridized carbons (Fsp3) is 0.500. The maximum Gasteiger partial charge on any atom is 0.310 e. The summed E-state index contributed by atoms with van der Waals surface area (Å²) in [5, 5.41) is 8.77. The lowest BCUT2D eigenvalue weighted by atomic mass is 9.84. The molecule has 140 valence electrons. The van der Waals surface area contributed by atoms with Crippen molar-refractivity contribution < 1.29 is 9.53 Å². The molecule has 1 aromatic heterocycles. The smallest absolute Gasteiger partial charge is 0.310 e. The van der Waals surface area contributed by atoms with Crippen LogP contribution in [0.3, 0.4) is 0 Å². The largest absolute Gasteiger partial charge is 0.469 e. The quantitative estimate of drug-likeness (QED) is 0.782. The Morgan fingerprint density at radius 2 is 2.04 bits per heavy atom. The SMILES string of the molecule is COC(=O)C1CCCCC1NCc1c(C)nn(Cc2ccccc2)c1Cl. The van der Waals surface area contributed by atoms with Crippen LogP contribution < -0.4 is 5.32 Å². The second-order valence-corrected chi connectivity index (χ2v) is 7.26. The summed E-state index contributed by atoms with van der Waals surface area (Å²) in [4.78, 5) is 12.0. The van der Waals surface area contributed by atoms with E-state index >= 15 is 0 Å². The van der Waals surface area contributed by atoms with Gasteiger partial charge in [-0.3, -0.25) is 4.79 Å². The Hall–Kier alpha value is -1.85. The van der Waals surface area contributed by atoms with E-state index in [9.17, 15) is 4.79 Å². The molecule has 0 saturated heterocycles. The Balaban J connectivity index is 1.69. The number of ether oxygens (including phenoxy) is 1. The van der Waals surface area contributed by atoms with Crippen molar-refractivity contribution in [3.8, 4) is 0 Å². The molecule has 2 aromatic rings. The number of carbonyl (C=O) groups excluding carboxylic acids is 1. The number of halogens is 1. The Labute approximate surface area is 159 Å². The number of carbonyl (C=O) groups is 1. The van der Waals surface area contributed by atoms with Crippen LogP contribution in [0.5, 0.6) is 0 Å². The summed E-state index contributed by atoms with van der Waals surface area (Å²) in [7, 11) is 1.46. The number of rotatable bonds is 6. The first-order valence-electron chi connectivity index (χ1n) is 9.17. The molecule has 6 heteroatoms. The second kappa shape index (κ2) is 8.69. The van der Waals surface area contributed by atoms with E-state index in [-0.39, 0.29) is 17.9 Å². The molecule has 1 fully saturated rings. The van der Waals surface area contributed by atoms with Gasteiger partial charge in [0, 0.05) is 18.2 Å². The summed E-state index contributed by atoms with van der Waals surface area (Å²) in [6.07, 6.45) is 4.07. The molecule has 2 atom stereocenters. The van der Waals surface area contributed by atoms with Crippen LogP contribution >= 0.6 is 11.6 Å². The molecule has 0 amide bonds. The monoisotopic (exact) mass is 375 g/mol. The predicted octanol–water partition coefficient (Wildman–Crippen LogP) is 3.71. The molecule has 1 aromatic carbocycles. The second-order valence-electron chi connectivity index (χ2n) is 6.90. The zero-order valence-electron chi connectivity index (χ0n) is 15.4. The van der Waals surface area contributed by atoms with E-state index in [1.807, 2.05) is 29.8 Å². The summed E-state index contributed by atoms with van der Waals surface area (Å²) in [6.45, 7) is 3.23. The van der Waals surface area contributed by atoms with Crippen LogP contribution in [0.2, 0.25) is 5.15 Å². The van der Waals surface area contributed by atoms with Gasteiger partial charge in [0.1, 0.15) is 5.15 Å². The lowest BCUT2D eigenvalue weighted by Crippen LogP contribution is -2.42. The highest BCUT2D eigenvalue weighted by Crippen LogP contribution is 2.27. The Morgan fingerprint density at radius 3 is 2.77 bits per heavy atom. The van der Waals surface area contributed by atoms with Crippen LogP contribution in [-0.4, -0.2) is 28.9 Å². The fourth-order valence-corrected chi connectivity index (χ4v) is 4.00. The minimum Gasteiger partial charge on any atom is -0.469 e. The van der Waals surface area contributed by atoms with E-state index in [1.54, 1.807) is 0 Å². The summed E-state index contributed by atoms with van der Waals surface area (Å²) in [6, 6.07) is 10.3. The van der Waals surface area contributed by atoms with Crippen molar-refractivity contribution in [3.05, 3.63) is 52.3 Å². The molecule has 1 N–H and O–H groups in total. The lowest BCUT2D eigenvalue weighted by molar-refractivity contribution is -0.147. The molecule has 1 aliphatic rings. The fourth-order valence-electron chi connectivity index (χ4n) is 3.69. The van der Waals surface area contributed by atoms with Gasteiger partial charge in [-0.05, 0) is 25.3 Å². The van der Waals surface area contributed by atoms with E-state index < -0.39 is 0 Å². The van der Waals surface area contributed by atoms with E-state index in [2.05, 4.69) is 22.5 Å². The van der Waals surface area contributed by atoms with Gasteiger partial charge in [0.15, 0.2) is 0 Å². The molecule has 1 aliphatic carbocycles. The van der Waals surface area contributed by atoms with Crippen molar-refractivity contribution in [1.82, 2.24) is 15.1 Å². The normalized spacial score (nSPS) is 20.1. The summed E-state index contributed by atoms with van der Waals surface area (Å²) < 4.78 is 6.80. The molecular formula is C20H26ClN3O2. The van der Waals surface area contributed by atoms with Gasteiger partial charge in [0.05, 0.1) is 25.3 Å². The van der Waals surface area contributed by atoms with E-state index in [0.29, 0.717) is 18.2 Å². The minimum absolute atomic E-state index is 0.0767. The molecule has 0 spiro atoms. The Kier molecular flexibility index (Phi) is 6.33. The maximum atomic E-state index is 12.0. The summed E-state index contributed by atoms with van der Waals surface area (Å²) in [5.41, 5.74) is 3.08. The van der Waals surface area contributed by atoms with Crippen LogP contribution in [0, 0.1) is 12.8 Å². The molecule has 5 nitrogen and oxygen atoms in total. The number of methoxy groups -OCH3 is 1. The van der Waals surface area contributed by atoms with Crippen LogP contribution in [0.1, 0.15) is 42.5 Å². The highest BCUT2D eigenvalue weighted by Gasteiger charge is 2.31. The summed E-state index contributed by atoms with van der Waals surface area (Å²) in [5.74, 6) is -0.197. The molecule has 0 bridgehead atoms. The van der Waals surface area contributed by atoms with Gasteiger partial charge in [0.2, 0.25) is 0 Å². The number of nitrogens with one attached hydrogen (secondary N) is 1. The highest BCUT2D eigenvalue weighted by atomic mass is 35.5. The van der Waals surface area contributed by atoms with Gasteiger partial charge in [0.25, 0.3) is 0 Å². The summed E-state index contributed by atoms with van der Waals surface area (Å²) >= 11 is 6.59. The van der Waals surface area contributed by atoms with Gasteiger partial charge >= 0.3 is 5.97 Å². The standard InChI is InChI=1S/C20H26ClN3O2/c1-14-17(12-22-18-11-7-6-10-16(18)20(25)26-2)19(21)24(23-14)13-15-8-4-3-5-9-15/h3-5,8-9,16,18,22H,6-7,10-13H2,1-2H3. The van der Waals surface area contributed by atoms with Crippen molar-refractivity contribution in [2.75, 3.05) is 7.11 Å². The molecule has 0 aliphatic heterocycles. The van der Waals surface area contributed by atoms with Gasteiger partial charge in [-0.25, -0.2) is 4.68 Å². The number of esters is 1. The third-order valence-corrected chi connectivity index (χ3v) is 5.59. The third kappa shape index (κ3) is 4.27. The van der Waals surface area contributed by atoms with Gasteiger partial charge < -0.3 is 10.1 Å². The van der Waals surface area contributed by atoms with Crippen molar-refractivity contribution >= 4 is 17.6 Å². The highest BCUT2D eigenvalue weighted by molar-refractivity contribution is 6.30. The third-order valence-electron chi connectivity index (χ3n) is 5.17. The molecule has 2 unspecified atom stereocenters. The number of aryl methyl sites for hydroxylation is 1. The van der Waals surface area contributed by atoms with Crippen LogP contribution in [0.25, 0.3) is 0 Å². The molecule has 3 rings (SSSR count). The molecule has 1 saturated carbocycles. The average Bonchev–Trinajstić information content (AvgIpc) is 2.93. The number of hydrogen-bond acceptors (Lipinski definition) is 4. The lowest BCUT2D eigenvalue weighted by Gasteiger charge is -2.30. The zero-order valence-corrected chi connectivity index (χ0v) is 16.1.